The number of amides is 3. The van der Waals surface area contributed by atoms with E-state index in [1.807, 2.05) is 87.4 Å². The Bertz CT molecular complexity index is 935. The summed E-state index contributed by atoms with van der Waals surface area (Å²) < 4.78 is 5.47. The second-order valence-electron chi connectivity index (χ2n) is 12.9. The molecule has 7 nitrogen and oxygen atoms in total. The largest absolute Gasteiger partial charge is 0.444 e. The summed E-state index contributed by atoms with van der Waals surface area (Å²) in [6.45, 7) is 24.7. The van der Waals surface area contributed by atoms with Crippen molar-refractivity contribution in [3.8, 4) is 0 Å². The van der Waals surface area contributed by atoms with Crippen molar-refractivity contribution >= 4 is 17.9 Å². The van der Waals surface area contributed by atoms with E-state index in [9.17, 15) is 14.4 Å². The highest BCUT2D eigenvalue weighted by Gasteiger charge is 2.44. The Morgan fingerprint density at radius 1 is 0.972 bits per heavy atom. The number of ether oxygens (including phenoxy) is 1. The van der Waals surface area contributed by atoms with Gasteiger partial charge in [-0.15, -0.1) is 0 Å². The lowest BCUT2D eigenvalue weighted by atomic mass is 9.89. The monoisotopic (exact) mass is 503 g/mol. The Balaban J connectivity index is 3.71. The number of hydrogen-bond acceptors (Lipinski definition) is 4. The van der Waals surface area contributed by atoms with Crippen LogP contribution in [0.2, 0.25) is 0 Å². The predicted molar refractivity (Wildman–Crippen MR) is 146 cm³/mol. The Labute approximate surface area is 218 Å². The van der Waals surface area contributed by atoms with Crippen LogP contribution in [0.5, 0.6) is 0 Å². The molecule has 0 fully saturated rings. The van der Waals surface area contributed by atoms with Gasteiger partial charge in [0, 0.05) is 11.1 Å². The highest BCUT2D eigenvalue weighted by atomic mass is 16.6. The summed E-state index contributed by atoms with van der Waals surface area (Å²) in [6.07, 6.45) is 0.00397. The van der Waals surface area contributed by atoms with Crippen LogP contribution in [-0.2, 0) is 14.3 Å². The number of carbonyl (C=O) groups excluding carboxylic acids is 3. The molecule has 0 saturated carbocycles. The fourth-order valence-corrected chi connectivity index (χ4v) is 4.08. The highest BCUT2D eigenvalue weighted by molar-refractivity contribution is 5.93. The molecule has 0 saturated heterocycles. The molecular weight excluding hydrogens is 454 g/mol. The molecular formula is C29H49N3O4. The van der Waals surface area contributed by atoms with Crippen LogP contribution in [0.15, 0.2) is 18.2 Å². The van der Waals surface area contributed by atoms with Crippen LogP contribution in [0, 0.1) is 19.8 Å². The number of alkyl carbamates (subject to hydrolysis) is 1. The van der Waals surface area contributed by atoms with E-state index >= 15 is 0 Å². The number of benzene rings is 1. The molecule has 0 spiro atoms. The molecule has 2 N–H and O–H groups in total. The van der Waals surface area contributed by atoms with Crippen LogP contribution < -0.4 is 10.6 Å². The molecule has 3 unspecified atom stereocenters. The van der Waals surface area contributed by atoms with Crippen molar-refractivity contribution in [3.05, 3.63) is 34.9 Å². The minimum absolute atomic E-state index is 0.180. The van der Waals surface area contributed by atoms with Gasteiger partial charge in [-0.1, -0.05) is 44.0 Å². The van der Waals surface area contributed by atoms with Gasteiger partial charge in [0.25, 0.3) is 0 Å². The molecule has 0 aliphatic rings. The van der Waals surface area contributed by atoms with E-state index in [0.717, 1.165) is 16.7 Å². The van der Waals surface area contributed by atoms with E-state index in [4.69, 9.17) is 4.74 Å². The van der Waals surface area contributed by atoms with E-state index in [1.54, 1.807) is 25.7 Å². The van der Waals surface area contributed by atoms with E-state index in [2.05, 4.69) is 10.6 Å². The Kier molecular flexibility index (Phi) is 10.2. The zero-order chi connectivity index (χ0) is 28.2. The first-order chi connectivity index (χ1) is 16.2. The zero-order valence-corrected chi connectivity index (χ0v) is 24.8. The Morgan fingerprint density at radius 2 is 1.53 bits per heavy atom. The highest BCUT2D eigenvalue weighted by Crippen LogP contribution is 2.33. The van der Waals surface area contributed by atoms with Gasteiger partial charge in [-0.2, -0.15) is 0 Å². The number of rotatable bonds is 7. The lowest BCUT2D eigenvalue weighted by Gasteiger charge is -2.44. The van der Waals surface area contributed by atoms with Crippen molar-refractivity contribution in [2.24, 2.45) is 5.92 Å². The number of nitrogens with one attached hydrogen (secondary N) is 2. The summed E-state index contributed by atoms with van der Waals surface area (Å²) in [5.74, 6) is -0.769. The molecule has 3 amide bonds. The predicted octanol–water partition coefficient (Wildman–Crippen LogP) is 5.83. The summed E-state index contributed by atoms with van der Waals surface area (Å²) >= 11 is 0. The molecule has 3 atom stereocenters. The van der Waals surface area contributed by atoms with Crippen LogP contribution in [-0.4, -0.2) is 45.5 Å². The van der Waals surface area contributed by atoms with Gasteiger partial charge < -0.3 is 20.3 Å². The minimum atomic E-state index is -0.885. The molecule has 0 bridgehead atoms. The molecule has 0 radical (unpaired) electrons. The summed E-state index contributed by atoms with van der Waals surface area (Å²) in [4.78, 5) is 42.5. The summed E-state index contributed by atoms with van der Waals surface area (Å²) in [5.41, 5.74) is 0.826. The van der Waals surface area contributed by atoms with Crippen molar-refractivity contribution < 1.29 is 19.1 Å². The number of hydrogen-bond donors (Lipinski definition) is 2. The minimum Gasteiger partial charge on any atom is -0.444 e. The summed E-state index contributed by atoms with van der Waals surface area (Å²) in [7, 11) is 0. The van der Waals surface area contributed by atoms with Crippen LogP contribution in [0.25, 0.3) is 0 Å². The maximum atomic E-state index is 14.3. The fraction of sp³-hybridized carbons (Fsp3) is 0.690. The van der Waals surface area contributed by atoms with Gasteiger partial charge in [0.2, 0.25) is 11.8 Å². The van der Waals surface area contributed by atoms with E-state index in [1.165, 1.54) is 0 Å². The number of aryl methyl sites for hydroxylation is 2. The average Bonchev–Trinajstić information content (AvgIpc) is 2.66. The van der Waals surface area contributed by atoms with Crippen molar-refractivity contribution in [2.45, 2.75) is 125 Å². The van der Waals surface area contributed by atoms with Crippen LogP contribution in [0.4, 0.5) is 4.79 Å². The third-order valence-electron chi connectivity index (χ3n) is 5.84. The van der Waals surface area contributed by atoms with E-state index < -0.39 is 34.9 Å². The van der Waals surface area contributed by atoms with Gasteiger partial charge in [-0.25, -0.2) is 4.79 Å². The summed E-state index contributed by atoms with van der Waals surface area (Å²) in [6, 6.07) is 4.15. The maximum Gasteiger partial charge on any atom is 0.408 e. The van der Waals surface area contributed by atoms with Crippen LogP contribution >= 0.6 is 0 Å². The normalized spacial score (nSPS) is 14.9. The van der Waals surface area contributed by atoms with Crippen molar-refractivity contribution in [1.82, 2.24) is 15.5 Å². The third-order valence-corrected chi connectivity index (χ3v) is 5.84. The number of carbonyl (C=O) groups is 3. The molecule has 0 heterocycles. The second kappa shape index (κ2) is 11.7. The van der Waals surface area contributed by atoms with E-state index in [0.29, 0.717) is 6.42 Å². The first-order valence-corrected chi connectivity index (χ1v) is 12.9. The third kappa shape index (κ3) is 9.14. The molecule has 204 valence electrons. The van der Waals surface area contributed by atoms with Crippen LogP contribution in [0.3, 0.4) is 0 Å². The molecule has 0 aliphatic heterocycles. The molecule has 1 rings (SSSR count). The van der Waals surface area contributed by atoms with Gasteiger partial charge in [0.05, 0.1) is 0 Å². The maximum absolute atomic E-state index is 14.3. The van der Waals surface area contributed by atoms with Crippen molar-refractivity contribution in [2.75, 3.05) is 0 Å². The zero-order valence-electron chi connectivity index (χ0n) is 24.8. The topological polar surface area (TPSA) is 87.7 Å². The Morgan fingerprint density at radius 3 is 1.94 bits per heavy atom. The molecule has 0 aromatic heterocycles. The van der Waals surface area contributed by atoms with Crippen LogP contribution in [0.1, 0.15) is 105 Å². The molecule has 1 aromatic rings. The van der Waals surface area contributed by atoms with Gasteiger partial charge in [-0.3, -0.25) is 9.59 Å². The molecule has 7 heteroatoms. The van der Waals surface area contributed by atoms with E-state index in [-0.39, 0.29) is 17.7 Å². The standard InChI is InChI=1S/C29H49N3O4/c1-14-19(3)22(30-26(35)36-29(11,12)13)25(34)32(28(8,9)10)23(24(33)31-27(5,6)7)21-16-15-18(2)17-20(21)4/h15-17,19,22-23H,14H2,1-13H3,(H,30,35)(H,31,33). The second-order valence-corrected chi connectivity index (χ2v) is 12.9. The fourth-order valence-electron chi connectivity index (χ4n) is 4.08. The van der Waals surface area contributed by atoms with Crippen molar-refractivity contribution in [3.63, 3.8) is 0 Å². The first-order valence-electron chi connectivity index (χ1n) is 12.9. The van der Waals surface area contributed by atoms with Gasteiger partial charge in [0.15, 0.2) is 0 Å². The quantitative estimate of drug-likeness (QED) is 0.490. The number of nitrogens with zero attached hydrogens (tertiary/aromatic N) is 1. The average molecular weight is 504 g/mol. The van der Waals surface area contributed by atoms with Gasteiger partial charge >= 0.3 is 6.09 Å². The SMILES string of the molecule is CCC(C)C(NC(=O)OC(C)(C)C)C(=O)N(C(C(=O)NC(C)(C)C)c1ccc(C)cc1C)C(C)(C)C. The molecule has 0 aliphatic carbocycles. The first kappa shape index (κ1) is 31.5. The molecule has 36 heavy (non-hydrogen) atoms. The Hall–Kier alpha value is -2.57. The van der Waals surface area contributed by atoms with Gasteiger partial charge in [-0.05, 0) is 93.2 Å². The lowest BCUT2D eigenvalue weighted by molar-refractivity contribution is -0.150. The smallest absolute Gasteiger partial charge is 0.408 e. The lowest BCUT2D eigenvalue weighted by Crippen LogP contribution is -2.61. The van der Waals surface area contributed by atoms with Crippen molar-refractivity contribution in [1.29, 1.82) is 0 Å². The van der Waals surface area contributed by atoms with Gasteiger partial charge in [0.1, 0.15) is 17.7 Å². The summed E-state index contributed by atoms with van der Waals surface area (Å²) in [5, 5.41) is 5.89. The molecule has 1 aromatic carbocycles.